The summed E-state index contributed by atoms with van der Waals surface area (Å²) in [6.45, 7) is 3.81. The van der Waals surface area contributed by atoms with Crippen molar-refractivity contribution in [2.75, 3.05) is 6.54 Å². The highest BCUT2D eigenvalue weighted by atomic mass is 19.1. The molecule has 6 heteroatoms. The Kier molecular flexibility index (Phi) is 4.67. The van der Waals surface area contributed by atoms with E-state index in [0.29, 0.717) is 6.54 Å². The number of likely N-dealkylation sites (N-methyl/N-ethyl adjacent to an activating group) is 1. The molecule has 1 aliphatic rings. The van der Waals surface area contributed by atoms with Crippen molar-refractivity contribution in [3.8, 4) is 0 Å². The third kappa shape index (κ3) is 3.26. The van der Waals surface area contributed by atoms with Crippen LogP contribution in [0, 0.1) is 11.6 Å². The van der Waals surface area contributed by atoms with Crippen LogP contribution in [0.3, 0.4) is 0 Å². The van der Waals surface area contributed by atoms with Gasteiger partial charge in [-0.05, 0) is 32.4 Å². The molecule has 2 rings (SSSR count). The van der Waals surface area contributed by atoms with Crippen molar-refractivity contribution in [1.82, 2.24) is 10.2 Å². The van der Waals surface area contributed by atoms with Crippen molar-refractivity contribution >= 4 is 11.8 Å². The lowest BCUT2D eigenvalue weighted by molar-refractivity contribution is -0.138. The lowest BCUT2D eigenvalue weighted by Crippen LogP contribution is -2.43. The van der Waals surface area contributed by atoms with Gasteiger partial charge in [0.05, 0.1) is 12.5 Å². The zero-order valence-corrected chi connectivity index (χ0v) is 12.0. The molecule has 1 aromatic carbocycles. The molecule has 1 N–H and O–H groups in total. The Bertz CT molecular complexity index is 542. The molecule has 1 aromatic rings. The van der Waals surface area contributed by atoms with Crippen LogP contribution in [0.2, 0.25) is 0 Å². The molecule has 2 unspecified atom stereocenters. The number of nitrogens with zero attached hydrogens (tertiary/aromatic N) is 1. The van der Waals surface area contributed by atoms with Crippen LogP contribution in [0.4, 0.5) is 8.78 Å². The minimum atomic E-state index is -0.609. The molecule has 0 aromatic heterocycles. The van der Waals surface area contributed by atoms with E-state index < -0.39 is 17.7 Å². The number of likely N-dealkylation sites (tertiary alicyclic amines) is 1. The SMILES string of the molecule is CCN1C(=O)CC(NC(C)Cc2c(F)cccc2F)C1=O. The van der Waals surface area contributed by atoms with Crippen molar-refractivity contribution in [3.05, 3.63) is 35.4 Å². The van der Waals surface area contributed by atoms with Crippen molar-refractivity contribution in [3.63, 3.8) is 0 Å². The number of hydrogen-bond acceptors (Lipinski definition) is 3. The highest BCUT2D eigenvalue weighted by molar-refractivity contribution is 6.05. The van der Waals surface area contributed by atoms with E-state index in [1.807, 2.05) is 0 Å². The summed E-state index contributed by atoms with van der Waals surface area (Å²) in [4.78, 5) is 24.8. The summed E-state index contributed by atoms with van der Waals surface area (Å²) in [6.07, 6.45) is 0.208. The van der Waals surface area contributed by atoms with Gasteiger partial charge in [-0.15, -0.1) is 0 Å². The zero-order chi connectivity index (χ0) is 15.6. The highest BCUT2D eigenvalue weighted by Crippen LogP contribution is 2.17. The summed E-state index contributed by atoms with van der Waals surface area (Å²) in [5, 5.41) is 2.98. The fourth-order valence-electron chi connectivity index (χ4n) is 2.58. The van der Waals surface area contributed by atoms with Crippen LogP contribution in [0.15, 0.2) is 18.2 Å². The second kappa shape index (κ2) is 6.30. The van der Waals surface area contributed by atoms with E-state index in [9.17, 15) is 18.4 Å². The molecule has 1 aliphatic heterocycles. The van der Waals surface area contributed by atoms with Crippen molar-refractivity contribution in [2.24, 2.45) is 0 Å². The maximum atomic E-state index is 13.6. The summed E-state index contributed by atoms with van der Waals surface area (Å²) < 4.78 is 27.2. The lowest BCUT2D eigenvalue weighted by atomic mass is 10.0. The molecule has 0 bridgehead atoms. The lowest BCUT2D eigenvalue weighted by Gasteiger charge is -2.19. The molecular formula is C15H18F2N2O2. The van der Waals surface area contributed by atoms with Gasteiger partial charge >= 0.3 is 0 Å². The van der Waals surface area contributed by atoms with Crippen LogP contribution in [-0.2, 0) is 16.0 Å². The van der Waals surface area contributed by atoms with Gasteiger partial charge < -0.3 is 5.32 Å². The average molecular weight is 296 g/mol. The predicted molar refractivity (Wildman–Crippen MR) is 73.5 cm³/mol. The topological polar surface area (TPSA) is 49.4 Å². The molecule has 114 valence electrons. The number of benzene rings is 1. The van der Waals surface area contributed by atoms with E-state index in [4.69, 9.17) is 0 Å². The number of rotatable bonds is 5. The number of carbonyl (C=O) groups excluding carboxylic acids is 2. The Hall–Kier alpha value is -1.82. The summed E-state index contributed by atoms with van der Waals surface area (Å²) in [6, 6.07) is 2.78. The number of carbonyl (C=O) groups is 2. The average Bonchev–Trinajstić information content (AvgIpc) is 2.68. The zero-order valence-electron chi connectivity index (χ0n) is 12.0. The molecule has 0 radical (unpaired) electrons. The maximum absolute atomic E-state index is 13.6. The number of halogens is 2. The molecule has 2 atom stereocenters. The monoisotopic (exact) mass is 296 g/mol. The molecule has 21 heavy (non-hydrogen) atoms. The maximum Gasteiger partial charge on any atom is 0.246 e. The predicted octanol–water partition coefficient (Wildman–Crippen LogP) is 1.63. The first-order chi connectivity index (χ1) is 9.93. The van der Waals surface area contributed by atoms with Gasteiger partial charge in [0.1, 0.15) is 11.6 Å². The van der Waals surface area contributed by atoms with Crippen molar-refractivity contribution in [2.45, 2.75) is 38.8 Å². The first-order valence-electron chi connectivity index (χ1n) is 6.97. The quantitative estimate of drug-likeness (QED) is 0.840. The van der Waals surface area contributed by atoms with Crippen LogP contribution in [0.1, 0.15) is 25.8 Å². The van der Waals surface area contributed by atoms with E-state index >= 15 is 0 Å². The largest absolute Gasteiger partial charge is 0.303 e. The smallest absolute Gasteiger partial charge is 0.246 e. The summed E-state index contributed by atoms with van der Waals surface area (Å²) >= 11 is 0. The Morgan fingerprint density at radius 1 is 1.33 bits per heavy atom. The Morgan fingerprint density at radius 3 is 2.48 bits per heavy atom. The molecule has 0 aliphatic carbocycles. The molecule has 0 saturated carbocycles. The van der Waals surface area contributed by atoms with Gasteiger partial charge in [-0.1, -0.05) is 6.07 Å². The van der Waals surface area contributed by atoms with Crippen LogP contribution >= 0.6 is 0 Å². The summed E-state index contributed by atoms with van der Waals surface area (Å²) in [5.41, 5.74) is -0.0124. The Balaban J connectivity index is 2.01. The second-order valence-corrected chi connectivity index (χ2v) is 5.20. The van der Waals surface area contributed by atoms with E-state index in [-0.39, 0.29) is 36.3 Å². The van der Waals surface area contributed by atoms with E-state index in [1.54, 1.807) is 13.8 Å². The molecule has 0 spiro atoms. The van der Waals surface area contributed by atoms with Gasteiger partial charge in [-0.3, -0.25) is 14.5 Å². The van der Waals surface area contributed by atoms with Gasteiger partial charge in [0, 0.05) is 18.2 Å². The number of hydrogen-bond donors (Lipinski definition) is 1. The van der Waals surface area contributed by atoms with E-state index in [0.717, 1.165) is 0 Å². The van der Waals surface area contributed by atoms with Crippen molar-refractivity contribution in [1.29, 1.82) is 0 Å². The molecule has 1 fully saturated rings. The van der Waals surface area contributed by atoms with Gasteiger partial charge in [0.2, 0.25) is 11.8 Å². The number of imide groups is 1. The van der Waals surface area contributed by atoms with Gasteiger partial charge in [-0.25, -0.2) is 8.78 Å². The number of amides is 2. The standard InChI is InChI=1S/C15H18F2N2O2/c1-3-19-14(20)8-13(15(19)21)18-9(2)7-10-11(16)5-4-6-12(10)17/h4-6,9,13,18H,3,7-8H2,1-2H3. The van der Waals surface area contributed by atoms with Gasteiger partial charge in [0.25, 0.3) is 0 Å². The van der Waals surface area contributed by atoms with Crippen molar-refractivity contribution < 1.29 is 18.4 Å². The van der Waals surface area contributed by atoms with Crippen LogP contribution in [0.25, 0.3) is 0 Å². The van der Waals surface area contributed by atoms with E-state index in [1.165, 1.54) is 23.1 Å². The third-order valence-corrected chi connectivity index (χ3v) is 3.62. The molecule has 4 nitrogen and oxygen atoms in total. The van der Waals surface area contributed by atoms with E-state index in [2.05, 4.69) is 5.32 Å². The third-order valence-electron chi connectivity index (χ3n) is 3.62. The minimum absolute atomic E-state index is 0.0124. The Labute approximate surface area is 122 Å². The first kappa shape index (κ1) is 15.6. The molecule has 1 saturated heterocycles. The number of nitrogens with one attached hydrogen (secondary N) is 1. The minimum Gasteiger partial charge on any atom is -0.303 e. The normalized spacial score (nSPS) is 20.2. The molecule has 2 amide bonds. The van der Waals surface area contributed by atoms with Gasteiger partial charge in [-0.2, -0.15) is 0 Å². The highest BCUT2D eigenvalue weighted by Gasteiger charge is 2.37. The summed E-state index contributed by atoms with van der Waals surface area (Å²) in [5.74, 6) is -1.70. The molecule has 1 heterocycles. The summed E-state index contributed by atoms with van der Waals surface area (Å²) in [7, 11) is 0. The fourth-order valence-corrected chi connectivity index (χ4v) is 2.58. The first-order valence-corrected chi connectivity index (χ1v) is 6.97. The van der Waals surface area contributed by atoms with Crippen LogP contribution in [-0.4, -0.2) is 35.3 Å². The fraction of sp³-hybridized carbons (Fsp3) is 0.467. The Morgan fingerprint density at radius 2 is 1.95 bits per heavy atom. The van der Waals surface area contributed by atoms with Crippen LogP contribution < -0.4 is 5.32 Å². The molecular weight excluding hydrogens is 278 g/mol. The second-order valence-electron chi connectivity index (χ2n) is 5.20. The van der Waals surface area contributed by atoms with Crippen LogP contribution in [0.5, 0.6) is 0 Å². The van der Waals surface area contributed by atoms with Gasteiger partial charge in [0.15, 0.2) is 0 Å².